The van der Waals surface area contributed by atoms with Crippen LogP contribution in [-0.4, -0.2) is 46.2 Å². The number of nitrogens with zero attached hydrogens (tertiary/aromatic N) is 4. The molecular weight excluding hydrogens is 454 g/mol. The van der Waals surface area contributed by atoms with Crippen LogP contribution in [0.15, 0.2) is 42.2 Å². The SMILES string of the molecule is COCCOc1cnc(Oc2cc(C)c(-c3csc(NC(=O)c4c#cncc4)n3)c(C)c2)cn1. The molecule has 4 aromatic rings. The third-order valence-electron chi connectivity index (χ3n) is 4.67. The molecule has 0 atom stereocenters. The lowest BCUT2D eigenvalue weighted by Crippen LogP contribution is -2.11. The fourth-order valence-corrected chi connectivity index (χ4v) is 3.89. The number of amides is 1. The van der Waals surface area contributed by atoms with Gasteiger partial charge in [0.15, 0.2) is 5.13 Å². The highest BCUT2D eigenvalue weighted by atomic mass is 32.1. The molecule has 0 aliphatic rings. The van der Waals surface area contributed by atoms with Gasteiger partial charge in [0.05, 0.1) is 30.3 Å². The lowest BCUT2D eigenvalue weighted by atomic mass is 10.0. The Morgan fingerprint density at radius 1 is 1.12 bits per heavy atom. The van der Waals surface area contributed by atoms with Crippen LogP contribution in [0.4, 0.5) is 5.13 Å². The summed E-state index contributed by atoms with van der Waals surface area (Å²) in [5, 5.41) is 5.18. The Kier molecular flexibility index (Phi) is 7.27. The van der Waals surface area contributed by atoms with Crippen LogP contribution in [0.5, 0.6) is 17.5 Å². The monoisotopic (exact) mass is 475 g/mol. The smallest absolute Gasteiger partial charge is 0.266 e. The predicted octanol–water partition coefficient (Wildman–Crippen LogP) is 4.28. The van der Waals surface area contributed by atoms with E-state index in [0.717, 1.165) is 22.4 Å². The molecule has 1 aromatic carbocycles. The Hall–Kier alpha value is -4.07. The van der Waals surface area contributed by atoms with Gasteiger partial charge >= 0.3 is 0 Å². The third-order valence-corrected chi connectivity index (χ3v) is 5.42. The Balaban J connectivity index is 1.45. The minimum Gasteiger partial charge on any atom is -0.474 e. The van der Waals surface area contributed by atoms with Crippen LogP contribution in [0.3, 0.4) is 0 Å². The topological polar surface area (TPSA) is 108 Å². The maximum atomic E-state index is 12.3. The predicted molar refractivity (Wildman–Crippen MR) is 126 cm³/mol. The van der Waals surface area contributed by atoms with Crippen LogP contribution in [0, 0.1) is 26.1 Å². The Bertz CT molecular complexity index is 1240. The molecule has 172 valence electrons. The Morgan fingerprint density at radius 3 is 2.56 bits per heavy atom. The van der Waals surface area contributed by atoms with E-state index in [1.54, 1.807) is 13.2 Å². The summed E-state index contributed by atoms with van der Waals surface area (Å²) in [4.78, 5) is 29.1. The molecule has 0 spiro atoms. The van der Waals surface area contributed by atoms with E-state index in [1.165, 1.54) is 29.9 Å². The molecule has 0 saturated heterocycles. The Labute approximate surface area is 200 Å². The second kappa shape index (κ2) is 10.7. The standard InChI is InChI=1S/C24H21N5O4S/c1-15-10-18(33-21-13-26-20(12-27-21)32-9-8-31-3)11-16(2)22(15)19-14-34-24(28-19)29-23(30)17-4-6-25-7-5-17/h4,6,10-14H,8-9H2,1-3H3,(H,28,29,30). The number of aromatic nitrogens is 4. The molecule has 3 aromatic heterocycles. The molecule has 0 unspecified atom stereocenters. The van der Waals surface area contributed by atoms with E-state index in [4.69, 9.17) is 14.2 Å². The summed E-state index contributed by atoms with van der Waals surface area (Å²) in [5.74, 6) is 1.08. The molecule has 1 N–H and O–H groups in total. The van der Waals surface area contributed by atoms with Gasteiger partial charge in [0.2, 0.25) is 11.8 Å². The summed E-state index contributed by atoms with van der Waals surface area (Å²) in [6, 6.07) is 8.07. The van der Waals surface area contributed by atoms with E-state index in [2.05, 4.69) is 37.5 Å². The number of carbonyl (C=O) groups is 1. The second-order valence-electron chi connectivity index (χ2n) is 7.16. The van der Waals surface area contributed by atoms with Crippen molar-refractivity contribution >= 4 is 22.4 Å². The summed E-state index contributed by atoms with van der Waals surface area (Å²) in [6.45, 7) is 4.83. The molecule has 10 heteroatoms. The van der Waals surface area contributed by atoms with Crippen LogP contribution in [0.1, 0.15) is 21.5 Å². The van der Waals surface area contributed by atoms with E-state index >= 15 is 0 Å². The highest BCUT2D eigenvalue weighted by Gasteiger charge is 2.15. The average Bonchev–Trinajstić information content (AvgIpc) is 3.28. The number of benzene rings is 1. The molecule has 4 rings (SSSR count). The van der Waals surface area contributed by atoms with Gasteiger partial charge in [-0.1, -0.05) is 0 Å². The van der Waals surface area contributed by atoms with Crippen molar-refractivity contribution in [3.8, 4) is 28.8 Å². The van der Waals surface area contributed by atoms with Gasteiger partial charge in [-0.25, -0.2) is 19.9 Å². The van der Waals surface area contributed by atoms with Gasteiger partial charge in [0.1, 0.15) is 12.4 Å². The van der Waals surface area contributed by atoms with Crippen molar-refractivity contribution in [2.45, 2.75) is 13.8 Å². The molecule has 0 aliphatic heterocycles. The van der Waals surface area contributed by atoms with E-state index in [-0.39, 0.29) is 5.91 Å². The first-order valence-corrected chi connectivity index (χ1v) is 11.2. The molecule has 3 heterocycles. The van der Waals surface area contributed by atoms with Gasteiger partial charge < -0.3 is 14.2 Å². The molecule has 0 bridgehead atoms. The Morgan fingerprint density at radius 2 is 1.88 bits per heavy atom. The van der Waals surface area contributed by atoms with Gasteiger partial charge in [-0.15, -0.1) is 11.3 Å². The summed E-state index contributed by atoms with van der Waals surface area (Å²) in [6.07, 6.45) is 7.03. The van der Waals surface area contributed by atoms with Crippen molar-refractivity contribution in [1.82, 2.24) is 19.9 Å². The van der Waals surface area contributed by atoms with Crippen LogP contribution < -0.4 is 14.8 Å². The number of methoxy groups -OCH3 is 1. The van der Waals surface area contributed by atoms with E-state index < -0.39 is 0 Å². The zero-order chi connectivity index (χ0) is 23.9. The number of ether oxygens (including phenoxy) is 3. The maximum absolute atomic E-state index is 12.3. The van der Waals surface area contributed by atoms with E-state index in [0.29, 0.717) is 41.4 Å². The van der Waals surface area contributed by atoms with Crippen LogP contribution in [0.2, 0.25) is 0 Å². The number of rotatable bonds is 9. The largest absolute Gasteiger partial charge is 0.474 e. The number of hydrogen-bond donors (Lipinski definition) is 1. The summed E-state index contributed by atoms with van der Waals surface area (Å²) in [7, 11) is 1.61. The molecular formula is C24H21N5O4S. The normalized spacial score (nSPS) is 10.4. The number of anilines is 1. The maximum Gasteiger partial charge on any atom is 0.266 e. The third kappa shape index (κ3) is 5.64. The van der Waals surface area contributed by atoms with Gasteiger partial charge in [-0.3, -0.25) is 10.1 Å². The van der Waals surface area contributed by atoms with Gasteiger partial charge in [0.25, 0.3) is 5.91 Å². The quantitative estimate of drug-likeness (QED) is 0.357. The lowest BCUT2D eigenvalue weighted by molar-refractivity contribution is 0.102. The van der Waals surface area contributed by atoms with Gasteiger partial charge in [-0.05, 0) is 49.2 Å². The average molecular weight is 476 g/mol. The lowest BCUT2D eigenvalue weighted by Gasteiger charge is -2.12. The van der Waals surface area contributed by atoms with Gasteiger partial charge in [0, 0.05) is 30.4 Å². The zero-order valence-electron chi connectivity index (χ0n) is 18.8. The van der Waals surface area contributed by atoms with Crippen molar-refractivity contribution in [2.75, 3.05) is 25.6 Å². The summed E-state index contributed by atoms with van der Waals surface area (Å²) in [5.41, 5.74) is 4.04. The van der Waals surface area contributed by atoms with Crippen molar-refractivity contribution < 1.29 is 19.0 Å². The van der Waals surface area contributed by atoms with E-state index in [9.17, 15) is 4.79 Å². The first kappa shape index (κ1) is 23.1. The van der Waals surface area contributed by atoms with Gasteiger partial charge in [-0.2, -0.15) is 0 Å². The number of aryl methyl sites for hydroxylation is 2. The molecule has 1 amide bonds. The summed E-state index contributed by atoms with van der Waals surface area (Å²) >= 11 is 1.35. The van der Waals surface area contributed by atoms with Crippen LogP contribution in [-0.2, 0) is 4.74 Å². The molecule has 0 radical (unpaired) electrons. The fraction of sp³-hybridized carbons (Fsp3) is 0.208. The number of carbonyl (C=O) groups excluding carboxylic acids is 1. The second-order valence-corrected chi connectivity index (χ2v) is 8.01. The van der Waals surface area contributed by atoms with Crippen molar-refractivity contribution in [3.63, 3.8) is 0 Å². The van der Waals surface area contributed by atoms with Crippen molar-refractivity contribution in [1.29, 1.82) is 0 Å². The highest BCUT2D eigenvalue weighted by Crippen LogP contribution is 2.34. The van der Waals surface area contributed by atoms with Crippen LogP contribution >= 0.6 is 11.3 Å². The molecule has 34 heavy (non-hydrogen) atoms. The fourth-order valence-electron chi connectivity index (χ4n) is 3.19. The first-order chi connectivity index (χ1) is 16.5. The summed E-state index contributed by atoms with van der Waals surface area (Å²) < 4.78 is 16.2. The minimum absolute atomic E-state index is 0.312. The number of hydrogen-bond acceptors (Lipinski definition) is 9. The highest BCUT2D eigenvalue weighted by molar-refractivity contribution is 7.14. The molecule has 0 aliphatic carbocycles. The number of thiazole rings is 1. The first-order valence-electron chi connectivity index (χ1n) is 10.3. The zero-order valence-corrected chi connectivity index (χ0v) is 19.6. The number of nitrogens with one attached hydrogen (secondary N) is 1. The van der Waals surface area contributed by atoms with E-state index in [1.807, 2.05) is 31.4 Å². The molecule has 0 fully saturated rings. The molecule has 9 nitrogen and oxygen atoms in total. The van der Waals surface area contributed by atoms with Crippen molar-refractivity contribution in [3.05, 3.63) is 71.1 Å². The van der Waals surface area contributed by atoms with Crippen LogP contribution in [0.25, 0.3) is 11.3 Å². The van der Waals surface area contributed by atoms with Crippen molar-refractivity contribution in [2.24, 2.45) is 0 Å². The minimum atomic E-state index is -0.312. The molecule has 0 saturated carbocycles.